The molecular formula is C22H23ClN2O3. The normalized spacial score (nSPS) is 11.5. The summed E-state index contributed by atoms with van der Waals surface area (Å²) in [5.74, 6) is -0.0505. The van der Waals surface area contributed by atoms with E-state index in [9.17, 15) is 9.90 Å². The predicted molar refractivity (Wildman–Crippen MR) is 111 cm³/mol. The van der Waals surface area contributed by atoms with Crippen molar-refractivity contribution >= 4 is 28.4 Å². The number of pyridine rings is 1. The lowest BCUT2D eigenvalue weighted by Gasteiger charge is -2.19. The van der Waals surface area contributed by atoms with Gasteiger partial charge in [0.1, 0.15) is 5.69 Å². The van der Waals surface area contributed by atoms with Crippen molar-refractivity contribution in [3.05, 3.63) is 64.3 Å². The molecule has 1 amide bonds. The molecule has 1 heterocycles. The number of carbonyl (C=O) groups is 1. The average molecular weight is 399 g/mol. The lowest BCUT2D eigenvalue weighted by Crippen LogP contribution is -2.24. The van der Waals surface area contributed by atoms with Gasteiger partial charge in [-0.1, -0.05) is 44.5 Å². The van der Waals surface area contributed by atoms with Crippen LogP contribution in [0.15, 0.2) is 42.5 Å². The SMILES string of the molecule is COc1cc(CNC(=O)c2ccc3cc(C(C)(C)C)ccc3n2)c(Cl)cc1O. The van der Waals surface area contributed by atoms with Crippen LogP contribution in [-0.2, 0) is 12.0 Å². The standard InChI is InChI=1S/C22H23ClN2O3/c1-22(2,3)15-6-8-17-13(9-15)5-7-18(25-17)21(27)24-12-14-10-20(28-4)19(26)11-16(14)23/h5-11,26H,12H2,1-4H3,(H,24,27). The Bertz CT molecular complexity index is 1040. The van der Waals surface area contributed by atoms with Gasteiger partial charge in [0.15, 0.2) is 11.5 Å². The minimum Gasteiger partial charge on any atom is -0.504 e. The number of hydrogen-bond donors (Lipinski definition) is 2. The highest BCUT2D eigenvalue weighted by Crippen LogP contribution is 2.32. The molecule has 0 saturated heterocycles. The number of fused-ring (bicyclic) bond motifs is 1. The number of phenolic OH excluding ortho intramolecular Hbond substituents is 1. The Morgan fingerprint density at radius 2 is 1.93 bits per heavy atom. The molecule has 0 spiro atoms. The minimum absolute atomic E-state index is 0.0478. The first-order valence-electron chi connectivity index (χ1n) is 8.94. The number of hydrogen-bond acceptors (Lipinski definition) is 4. The second-order valence-corrected chi connectivity index (χ2v) is 8.06. The van der Waals surface area contributed by atoms with Gasteiger partial charge in [0.2, 0.25) is 0 Å². The number of rotatable bonds is 4. The summed E-state index contributed by atoms with van der Waals surface area (Å²) >= 11 is 6.14. The van der Waals surface area contributed by atoms with Gasteiger partial charge >= 0.3 is 0 Å². The van der Waals surface area contributed by atoms with Crippen LogP contribution >= 0.6 is 11.6 Å². The summed E-state index contributed by atoms with van der Waals surface area (Å²) in [5.41, 5.74) is 3.01. The summed E-state index contributed by atoms with van der Waals surface area (Å²) in [6.45, 7) is 6.67. The van der Waals surface area contributed by atoms with Crippen molar-refractivity contribution in [1.29, 1.82) is 0 Å². The van der Waals surface area contributed by atoms with E-state index >= 15 is 0 Å². The Morgan fingerprint density at radius 3 is 2.61 bits per heavy atom. The maximum atomic E-state index is 12.5. The van der Waals surface area contributed by atoms with Crippen LogP contribution in [0.25, 0.3) is 10.9 Å². The molecule has 28 heavy (non-hydrogen) atoms. The lowest BCUT2D eigenvalue weighted by molar-refractivity contribution is 0.0946. The maximum absolute atomic E-state index is 12.5. The van der Waals surface area contributed by atoms with Crippen LogP contribution in [0.5, 0.6) is 11.5 Å². The molecule has 0 radical (unpaired) electrons. The molecule has 0 aliphatic rings. The van der Waals surface area contributed by atoms with Crippen molar-refractivity contribution in [2.75, 3.05) is 7.11 Å². The number of carbonyl (C=O) groups excluding carboxylic acids is 1. The van der Waals surface area contributed by atoms with Crippen LogP contribution in [0, 0.1) is 0 Å². The molecule has 0 fully saturated rings. The molecule has 146 valence electrons. The number of ether oxygens (including phenoxy) is 1. The molecule has 6 heteroatoms. The molecule has 0 bridgehead atoms. The third-order valence-corrected chi connectivity index (χ3v) is 4.93. The highest BCUT2D eigenvalue weighted by atomic mass is 35.5. The van der Waals surface area contributed by atoms with Crippen LogP contribution in [-0.4, -0.2) is 23.1 Å². The van der Waals surface area contributed by atoms with Crippen molar-refractivity contribution < 1.29 is 14.6 Å². The van der Waals surface area contributed by atoms with Gasteiger partial charge in [-0.3, -0.25) is 4.79 Å². The summed E-state index contributed by atoms with van der Waals surface area (Å²) < 4.78 is 5.08. The molecule has 0 saturated carbocycles. The Kier molecular flexibility index (Phi) is 5.47. The largest absolute Gasteiger partial charge is 0.504 e. The number of aromatic nitrogens is 1. The highest BCUT2D eigenvalue weighted by molar-refractivity contribution is 6.31. The first kappa shape index (κ1) is 20.0. The zero-order valence-electron chi connectivity index (χ0n) is 16.3. The molecular weight excluding hydrogens is 376 g/mol. The number of methoxy groups -OCH3 is 1. The molecule has 0 aliphatic carbocycles. The monoisotopic (exact) mass is 398 g/mol. The van der Waals surface area contributed by atoms with Gasteiger partial charge in [0.25, 0.3) is 5.91 Å². The van der Waals surface area contributed by atoms with E-state index in [0.717, 1.165) is 10.9 Å². The van der Waals surface area contributed by atoms with Gasteiger partial charge in [0, 0.05) is 23.0 Å². The fourth-order valence-electron chi connectivity index (χ4n) is 2.87. The summed E-state index contributed by atoms with van der Waals surface area (Å²) in [4.78, 5) is 17.0. The number of benzene rings is 2. The number of aromatic hydroxyl groups is 1. The van der Waals surface area contributed by atoms with E-state index in [1.54, 1.807) is 12.1 Å². The summed E-state index contributed by atoms with van der Waals surface area (Å²) in [5, 5.41) is 13.9. The first-order chi connectivity index (χ1) is 13.2. The van der Waals surface area contributed by atoms with Crippen LogP contribution in [0.3, 0.4) is 0 Å². The van der Waals surface area contributed by atoms with Gasteiger partial charge in [0.05, 0.1) is 12.6 Å². The van der Waals surface area contributed by atoms with E-state index in [2.05, 4.69) is 37.1 Å². The average Bonchev–Trinajstić information content (AvgIpc) is 2.65. The van der Waals surface area contributed by atoms with E-state index in [1.807, 2.05) is 18.2 Å². The van der Waals surface area contributed by atoms with Crippen LogP contribution in [0.2, 0.25) is 5.02 Å². The van der Waals surface area contributed by atoms with Crippen LogP contribution in [0.4, 0.5) is 0 Å². The van der Waals surface area contributed by atoms with Crippen LogP contribution < -0.4 is 10.1 Å². The Balaban J connectivity index is 1.78. The number of phenols is 1. The molecule has 0 aliphatic heterocycles. The van der Waals surface area contributed by atoms with Crippen molar-refractivity contribution in [2.45, 2.75) is 32.7 Å². The van der Waals surface area contributed by atoms with E-state index in [0.29, 0.717) is 22.0 Å². The van der Waals surface area contributed by atoms with Gasteiger partial charge in [-0.25, -0.2) is 4.98 Å². The highest BCUT2D eigenvalue weighted by Gasteiger charge is 2.15. The molecule has 0 unspecified atom stereocenters. The third-order valence-electron chi connectivity index (χ3n) is 4.58. The molecule has 2 N–H and O–H groups in total. The molecule has 0 atom stereocenters. The summed E-state index contributed by atoms with van der Waals surface area (Å²) in [6, 6.07) is 12.7. The smallest absolute Gasteiger partial charge is 0.270 e. The summed E-state index contributed by atoms with van der Waals surface area (Å²) in [7, 11) is 1.45. The van der Waals surface area contributed by atoms with Gasteiger partial charge in [-0.15, -0.1) is 0 Å². The van der Waals surface area contributed by atoms with E-state index in [-0.39, 0.29) is 23.6 Å². The minimum atomic E-state index is -0.301. The fraction of sp³-hybridized carbons (Fsp3) is 0.273. The Morgan fingerprint density at radius 1 is 1.18 bits per heavy atom. The zero-order chi connectivity index (χ0) is 20.5. The Hall–Kier alpha value is -2.79. The second kappa shape index (κ2) is 7.68. The molecule has 5 nitrogen and oxygen atoms in total. The topological polar surface area (TPSA) is 71.5 Å². The van der Waals surface area contributed by atoms with E-state index < -0.39 is 0 Å². The Labute approximate surface area is 169 Å². The third kappa shape index (κ3) is 4.20. The van der Waals surface area contributed by atoms with Crippen molar-refractivity contribution in [1.82, 2.24) is 10.3 Å². The van der Waals surface area contributed by atoms with Gasteiger partial charge in [-0.2, -0.15) is 0 Å². The molecule has 3 aromatic rings. The van der Waals surface area contributed by atoms with E-state index in [4.69, 9.17) is 16.3 Å². The molecule has 1 aromatic heterocycles. The number of nitrogens with one attached hydrogen (secondary N) is 1. The van der Waals surface area contributed by atoms with Gasteiger partial charge in [-0.05, 0) is 40.8 Å². The van der Waals surface area contributed by atoms with Crippen molar-refractivity contribution in [3.63, 3.8) is 0 Å². The maximum Gasteiger partial charge on any atom is 0.270 e. The first-order valence-corrected chi connectivity index (χ1v) is 9.31. The molecule has 2 aromatic carbocycles. The number of halogens is 1. The van der Waals surface area contributed by atoms with Crippen molar-refractivity contribution in [2.24, 2.45) is 0 Å². The lowest BCUT2D eigenvalue weighted by atomic mass is 9.86. The number of nitrogens with zero attached hydrogens (tertiary/aromatic N) is 1. The fourth-order valence-corrected chi connectivity index (χ4v) is 3.09. The van der Waals surface area contributed by atoms with E-state index in [1.165, 1.54) is 18.7 Å². The van der Waals surface area contributed by atoms with Gasteiger partial charge < -0.3 is 15.2 Å². The molecule has 3 rings (SSSR count). The van der Waals surface area contributed by atoms with Crippen LogP contribution in [0.1, 0.15) is 42.4 Å². The second-order valence-electron chi connectivity index (χ2n) is 7.65. The van der Waals surface area contributed by atoms with Crippen molar-refractivity contribution in [3.8, 4) is 11.5 Å². The number of amides is 1. The predicted octanol–water partition coefficient (Wildman–Crippen LogP) is 4.83. The quantitative estimate of drug-likeness (QED) is 0.660. The summed E-state index contributed by atoms with van der Waals surface area (Å²) in [6.07, 6.45) is 0. The zero-order valence-corrected chi connectivity index (χ0v) is 17.1.